The number of unbranched alkanes of at least 4 members (excludes halogenated alkanes) is 4. The molecule has 0 aliphatic carbocycles. The molecule has 0 radical (unpaired) electrons. The Labute approximate surface area is 753 Å². The minimum atomic E-state index is -2.04. The fourth-order valence-electron chi connectivity index (χ4n) is 13.2. The van der Waals surface area contributed by atoms with Gasteiger partial charge < -0.3 is 149 Å². The molecule has 1 aliphatic rings. The summed E-state index contributed by atoms with van der Waals surface area (Å²) < 4.78 is 0. The summed E-state index contributed by atoms with van der Waals surface area (Å²) >= 11 is 1.18. The molecule has 15 amide bonds. The van der Waals surface area contributed by atoms with E-state index in [0.717, 1.165) is 11.8 Å². The summed E-state index contributed by atoms with van der Waals surface area (Å²) in [4.78, 5) is 285. The normalized spacial score (nSPS) is 16.0. The van der Waals surface area contributed by atoms with Crippen molar-refractivity contribution in [2.75, 3.05) is 57.9 Å². The van der Waals surface area contributed by atoms with E-state index in [0.29, 0.717) is 24.8 Å². The molecule has 1 aromatic rings. The number of aliphatic hydroxyl groups is 2. The zero-order valence-corrected chi connectivity index (χ0v) is 74.0. The van der Waals surface area contributed by atoms with Crippen LogP contribution in [-0.4, -0.2) is 325 Å². The first-order chi connectivity index (χ1) is 61.5. The van der Waals surface area contributed by atoms with Gasteiger partial charge in [-0.2, -0.15) is 11.8 Å². The summed E-state index contributed by atoms with van der Waals surface area (Å²) in [5.74, 6) is -27.1. The third-order valence-electron chi connectivity index (χ3n) is 20.8. The number of carbonyl (C=O) groups excluding carboxylic acids is 15. The number of benzene rings is 1. The number of hydrogen-bond acceptors (Lipinski definition) is 29. The van der Waals surface area contributed by atoms with Gasteiger partial charge in [0.1, 0.15) is 96.7 Å². The number of carboxylic acids is 6. The van der Waals surface area contributed by atoms with E-state index < -0.39 is 285 Å². The highest BCUT2D eigenvalue weighted by atomic mass is 32.2. The lowest BCUT2D eigenvalue weighted by Gasteiger charge is -2.31. The average molecular weight is 1870 g/mol. The molecular formula is C80H130N20O29S. The maximum absolute atomic E-state index is 14.7. The summed E-state index contributed by atoms with van der Waals surface area (Å²) in [5, 5.41) is 112. The third kappa shape index (κ3) is 42.6. The Morgan fingerprint density at radius 2 is 0.746 bits per heavy atom. The summed E-state index contributed by atoms with van der Waals surface area (Å²) in [6.45, 7) is 2.63. The van der Waals surface area contributed by atoms with E-state index in [2.05, 4.69) is 74.4 Å². The van der Waals surface area contributed by atoms with Crippen molar-refractivity contribution in [2.24, 2.45) is 34.6 Å². The highest BCUT2D eigenvalue weighted by Gasteiger charge is 2.43. The van der Waals surface area contributed by atoms with Gasteiger partial charge in [-0.05, 0) is 166 Å². The molecule has 0 saturated carbocycles. The van der Waals surface area contributed by atoms with Crippen LogP contribution in [0.15, 0.2) is 30.3 Å². The lowest BCUT2D eigenvalue weighted by Crippen LogP contribution is -2.61. The molecule has 50 heteroatoms. The third-order valence-corrected chi connectivity index (χ3v) is 21.4. The van der Waals surface area contributed by atoms with Crippen LogP contribution in [0.4, 0.5) is 0 Å². The SMILES string of the molecule is CC[C@H](C)[C@H](NC(=O)[C@H](CCC(=O)O)NC(=O)[C@H](C)NC(=O)[C@H](CCSC)NC(=O)[C@H](CC(=O)O)NC(=O)[C@@H]1CCCN1C(=O)[C@H](CCCCN)NC(=O)[C@H](CC(=O)O)NC(=O)[C@@H](N)CO)C(=O)N[C@@H](CCC(=O)O)C(=O)N[C@@H](CCCCN)C(=O)N[C@@H](Cc1ccccc1)C(=O)N[C@@H](CC(=O)O)C(=O)N[C@@H](CCCCN)C(=O)N[C@@H](CO)C(=O)N[C@@H](CCCCN)C(=O)O. The standard InChI is InChI=1S/C80H130N20O29S/c1-5-42(2)64(99-71(119)49(26-28-60(105)106)87-65(113)43(3)86-67(115)50(29-35-130-4)90-74(122)56(39-63(111)112)97-77(125)58-24-17-34-100(58)79(127)51(22-11-15-32-83)92-75(123)54(37-61(107)108)94-66(114)45(85)40-101)78(126)91-48(25-27-59(103)104)70(118)88-46(20-9-13-30-81)68(116)95-53(36-44-18-7-6-8-19-44)72(120)96-55(38-62(109)110)73(121)89-47(21-10-14-31-82)69(117)98-57(41-102)76(124)93-52(80(128)129)23-12-16-33-84/h6-8,18-19,42-43,45-58,64,101-102H,5,9-17,20-41,81-85H2,1-4H3,(H,86,115)(H,87,113)(H,88,118)(H,89,121)(H,90,122)(H,91,126)(H,92,123)(H,93,124)(H,94,114)(H,95,116)(H,96,120)(H,97,125)(H,98,117)(H,99,119)(H,103,104)(H,105,106)(H,107,108)(H,109,110)(H,111,112)(H,128,129)/t42-,43-,45-,46-,47-,48-,49-,50-,51-,52-,53-,54-,55-,56-,57-,58-,64-/m0/s1. The Hall–Kier alpha value is -11.8. The van der Waals surface area contributed by atoms with Gasteiger partial charge in [0.15, 0.2) is 0 Å². The van der Waals surface area contributed by atoms with Crippen molar-refractivity contribution in [3.63, 3.8) is 0 Å². The Balaban J connectivity index is 2.54. The molecule has 2 rings (SSSR count). The summed E-state index contributed by atoms with van der Waals surface area (Å²) in [5.41, 5.74) is 28.6. The van der Waals surface area contributed by atoms with Gasteiger partial charge in [0, 0.05) is 25.8 Å². The topological polar surface area (TPSA) is 822 Å². The van der Waals surface area contributed by atoms with E-state index in [1.807, 2.05) is 0 Å². The Kier molecular flexibility index (Phi) is 54.2. The number of hydrogen-bond donors (Lipinski definition) is 27. The second kappa shape index (κ2) is 61.6. The number of nitrogens with two attached hydrogens (primary N) is 5. The Bertz CT molecular complexity index is 3970. The lowest BCUT2D eigenvalue weighted by atomic mass is 9.96. The van der Waals surface area contributed by atoms with Gasteiger partial charge in [0.2, 0.25) is 88.6 Å². The van der Waals surface area contributed by atoms with Crippen molar-refractivity contribution in [3.05, 3.63) is 35.9 Å². The molecule has 0 aromatic heterocycles. The number of carbonyl (C=O) groups is 21. The second-order valence-corrected chi connectivity index (χ2v) is 32.1. The van der Waals surface area contributed by atoms with E-state index in [1.54, 1.807) is 31.4 Å². The number of carboxylic acid groups (broad SMARTS) is 6. The molecule has 0 spiro atoms. The molecule has 1 saturated heterocycles. The summed E-state index contributed by atoms with van der Waals surface area (Å²) in [7, 11) is 0. The van der Waals surface area contributed by atoms with E-state index in [1.165, 1.54) is 30.8 Å². The smallest absolute Gasteiger partial charge is 0.326 e. The first-order valence-corrected chi connectivity index (χ1v) is 44.1. The number of nitrogens with zero attached hydrogens (tertiary/aromatic N) is 1. The van der Waals surface area contributed by atoms with Crippen LogP contribution in [0.1, 0.15) is 174 Å². The maximum atomic E-state index is 14.7. The molecule has 0 bridgehead atoms. The second-order valence-electron chi connectivity index (χ2n) is 31.1. The number of thioether (sulfide) groups is 1. The molecule has 0 unspecified atom stereocenters. The molecule has 730 valence electrons. The van der Waals surface area contributed by atoms with Crippen LogP contribution in [0, 0.1) is 5.92 Å². The first kappa shape index (κ1) is 114. The van der Waals surface area contributed by atoms with E-state index in [9.17, 15) is 142 Å². The minimum absolute atomic E-state index is 0.0523. The van der Waals surface area contributed by atoms with Gasteiger partial charge in [0.05, 0.1) is 32.5 Å². The van der Waals surface area contributed by atoms with Crippen molar-refractivity contribution in [3.8, 4) is 0 Å². The molecule has 1 aromatic carbocycles. The fraction of sp³-hybridized carbons (Fsp3) is 0.662. The fourth-order valence-corrected chi connectivity index (χ4v) is 13.7. The first-order valence-electron chi connectivity index (χ1n) is 42.7. The maximum Gasteiger partial charge on any atom is 0.326 e. The number of amides is 15. The van der Waals surface area contributed by atoms with E-state index in [4.69, 9.17) is 28.7 Å². The predicted molar refractivity (Wildman–Crippen MR) is 462 cm³/mol. The molecule has 1 heterocycles. The van der Waals surface area contributed by atoms with Gasteiger partial charge in [0.25, 0.3) is 0 Å². The van der Waals surface area contributed by atoms with Crippen LogP contribution in [0.25, 0.3) is 0 Å². The molecule has 32 N–H and O–H groups in total. The van der Waals surface area contributed by atoms with Gasteiger partial charge >= 0.3 is 35.8 Å². The Morgan fingerprint density at radius 3 is 1.18 bits per heavy atom. The van der Waals surface area contributed by atoms with Gasteiger partial charge in [-0.25, -0.2) is 4.79 Å². The minimum Gasteiger partial charge on any atom is -0.481 e. The molecule has 1 aliphatic heterocycles. The highest BCUT2D eigenvalue weighted by molar-refractivity contribution is 7.98. The lowest BCUT2D eigenvalue weighted by molar-refractivity contribution is -0.145. The molecular weight excluding hydrogens is 1740 g/mol. The number of nitrogens with one attached hydrogen (secondary N) is 14. The zero-order chi connectivity index (χ0) is 97.9. The number of likely N-dealkylation sites (tertiary alicyclic amines) is 1. The summed E-state index contributed by atoms with van der Waals surface area (Å²) in [6.07, 6.45) is -3.76. The van der Waals surface area contributed by atoms with Gasteiger partial charge in [-0.3, -0.25) is 95.9 Å². The highest BCUT2D eigenvalue weighted by Crippen LogP contribution is 2.22. The van der Waals surface area contributed by atoms with Gasteiger partial charge in [-0.15, -0.1) is 0 Å². The van der Waals surface area contributed by atoms with E-state index >= 15 is 0 Å². The Morgan fingerprint density at radius 1 is 0.392 bits per heavy atom. The van der Waals surface area contributed by atoms with Crippen LogP contribution in [0.3, 0.4) is 0 Å². The molecule has 130 heavy (non-hydrogen) atoms. The quantitative estimate of drug-likeness (QED) is 0.0269. The van der Waals surface area contributed by atoms with Crippen LogP contribution >= 0.6 is 11.8 Å². The average Bonchev–Trinajstić information content (AvgIpc) is 1.58. The largest absolute Gasteiger partial charge is 0.481 e. The molecule has 1 fully saturated rings. The van der Waals surface area contributed by atoms with Crippen molar-refractivity contribution in [1.82, 2.24) is 79.3 Å². The predicted octanol–water partition coefficient (Wildman–Crippen LogP) is -8.11. The summed E-state index contributed by atoms with van der Waals surface area (Å²) in [6, 6.07) is -19.4. The van der Waals surface area contributed by atoms with Crippen molar-refractivity contribution < 1.29 is 142 Å². The zero-order valence-electron chi connectivity index (χ0n) is 73.2. The number of aliphatic carboxylic acids is 6. The molecule has 17 atom stereocenters. The van der Waals surface area contributed by atoms with Crippen LogP contribution in [0.2, 0.25) is 0 Å². The van der Waals surface area contributed by atoms with Crippen LogP contribution in [0.5, 0.6) is 0 Å². The van der Waals surface area contributed by atoms with Crippen molar-refractivity contribution in [2.45, 2.75) is 272 Å². The molecule has 49 nitrogen and oxygen atoms in total. The van der Waals surface area contributed by atoms with Crippen molar-refractivity contribution in [1.29, 1.82) is 0 Å². The van der Waals surface area contributed by atoms with Crippen molar-refractivity contribution >= 4 is 136 Å². The van der Waals surface area contributed by atoms with Gasteiger partial charge in [-0.1, -0.05) is 50.6 Å². The number of rotatable bonds is 67. The van der Waals surface area contributed by atoms with E-state index in [-0.39, 0.29) is 128 Å². The van der Waals surface area contributed by atoms with Crippen LogP contribution in [-0.2, 0) is 107 Å². The van der Waals surface area contributed by atoms with Crippen LogP contribution < -0.4 is 103 Å². The number of aliphatic hydroxyl groups excluding tert-OH is 2. The monoisotopic (exact) mass is 1870 g/mol.